The third kappa shape index (κ3) is 2.72. The SMILES string of the molecule is CC(P=O)C(=O)Cl. The zero-order valence-corrected chi connectivity index (χ0v) is 5.37. The highest BCUT2D eigenvalue weighted by Crippen LogP contribution is 2.07. The first kappa shape index (κ1) is 7.06. The Balaban J connectivity index is 3.55. The second kappa shape index (κ2) is 3.11. The predicted octanol–water partition coefficient (Wildman–Crippen LogP) is 1.43. The fourth-order valence-electron chi connectivity index (χ4n) is 0.0414. The normalized spacial score (nSPS) is 14.0. The third-order valence-electron chi connectivity index (χ3n) is 0.487. The lowest BCUT2D eigenvalue weighted by molar-refractivity contribution is -0.111. The van der Waals surface area contributed by atoms with Crippen LogP contribution in [0.2, 0.25) is 0 Å². The maximum Gasteiger partial charge on any atom is 0.235 e. The maximum atomic E-state index is 9.93. The zero-order chi connectivity index (χ0) is 5.86. The number of carbonyl (C=O) groups excluding carboxylic acids is 1. The van der Waals surface area contributed by atoms with Crippen LogP contribution < -0.4 is 0 Å². The van der Waals surface area contributed by atoms with Crippen molar-refractivity contribution >= 4 is 25.3 Å². The van der Waals surface area contributed by atoms with Crippen LogP contribution >= 0.6 is 20.1 Å². The summed E-state index contributed by atoms with van der Waals surface area (Å²) in [5, 5.41) is -0.559. The highest BCUT2D eigenvalue weighted by molar-refractivity contribution is 7.27. The second-order valence-corrected chi connectivity index (χ2v) is 2.44. The van der Waals surface area contributed by atoms with Crippen molar-refractivity contribution in [1.82, 2.24) is 0 Å². The van der Waals surface area contributed by atoms with Gasteiger partial charge in [-0.2, -0.15) is 0 Å². The predicted molar refractivity (Wildman–Crippen MR) is 27.9 cm³/mol. The monoisotopic (exact) mass is 138 g/mol. The molecule has 0 aliphatic heterocycles. The van der Waals surface area contributed by atoms with E-state index in [-0.39, 0.29) is 8.46 Å². The lowest BCUT2D eigenvalue weighted by Gasteiger charge is -1.85. The van der Waals surface area contributed by atoms with Crippen LogP contribution in [0, 0.1) is 0 Å². The van der Waals surface area contributed by atoms with Crippen molar-refractivity contribution < 1.29 is 9.36 Å². The molecule has 7 heavy (non-hydrogen) atoms. The van der Waals surface area contributed by atoms with Gasteiger partial charge in [0.05, 0.1) is 0 Å². The molecule has 0 saturated carbocycles. The van der Waals surface area contributed by atoms with Crippen molar-refractivity contribution in [2.45, 2.75) is 12.6 Å². The summed E-state index contributed by atoms with van der Waals surface area (Å²) in [6, 6.07) is 0. The summed E-state index contributed by atoms with van der Waals surface area (Å²) in [5.41, 5.74) is -0.554. The summed E-state index contributed by atoms with van der Waals surface area (Å²) in [4.78, 5) is 9.93. The van der Waals surface area contributed by atoms with Crippen LogP contribution in [0.15, 0.2) is 0 Å². The maximum absolute atomic E-state index is 9.93. The zero-order valence-electron chi connectivity index (χ0n) is 3.72. The average molecular weight is 138 g/mol. The highest BCUT2D eigenvalue weighted by atomic mass is 35.5. The van der Waals surface area contributed by atoms with Gasteiger partial charge in [-0.05, 0) is 18.5 Å². The van der Waals surface area contributed by atoms with Crippen molar-refractivity contribution in [3.63, 3.8) is 0 Å². The molecule has 0 saturated heterocycles. The first-order chi connectivity index (χ1) is 3.18. The van der Waals surface area contributed by atoms with Crippen molar-refractivity contribution in [3.8, 4) is 0 Å². The van der Waals surface area contributed by atoms with Crippen LogP contribution in [-0.4, -0.2) is 10.9 Å². The molecule has 0 aliphatic rings. The fourth-order valence-corrected chi connectivity index (χ4v) is 0.244. The summed E-state index contributed by atoms with van der Waals surface area (Å²) < 4.78 is 9.74. The van der Waals surface area contributed by atoms with E-state index in [0.29, 0.717) is 0 Å². The van der Waals surface area contributed by atoms with E-state index in [2.05, 4.69) is 0 Å². The van der Waals surface area contributed by atoms with E-state index in [9.17, 15) is 9.36 Å². The molecule has 0 aliphatic carbocycles. The second-order valence-electron chi connectivity index (χ2n) is 1.09. The Morgan fingerprint density at radius 3 is 2.29 bits per heavy atom. The minimum atomic E-state index is -0.559. The Hall–Kier alpha value is 0.0600. The molecule has 0 spiro atoms. The van der Waals surface area contributed by atoms with Crippen LogP contribution in [0.1, 0.15) is 6.92 Å². The molecule has 4 heteroatoms. The molecule has 1 atom stereocenters. The Labute approximate surface area is 48.1 Å². The summed E-state index contributed by atoms with van der Waals surface area (Å²) >= 11 is 4.88. The molecule has 2 nitrogen and oxygen atoms in total. The lowest BCUT2D eigenvalue weighted by Crippen LogP contribution is -1.99. The van der Waals surface area contributed by atoms with Gasteiger partial charge in [-0.15, -0.1) is 0 Å². The van der Waals surface area contributed by atoms with E-state index >= 15 is 0 Å². The van der Waals surface area contributed by atoms with Crippen LogP contribution in [0.3, 0.4) is 0 Å². The lowest BCUT2D eigenvalue weighted by atomic mass is 10.5. The first-order valence-electron chi connectivity index (χ1n) is 1.70. The smallest absolute Gasteiger partial charge is 0.235 e. The Bertz CT molecular complexity index is 92.9. The van der Waals surface area contributed by atoms with Gasteiger partial charge in [0.25, 0.3) is 0 Å². The number of carbonyl (C=O) groups is 1. The molecule has 40 valence electrons. The molecule has 0 N–H and O–H groups in total. The Kier molecular flexibility index (Phi) is 3.14. The van der Waals surface area contributed by atoms with Gasteiger partial charge in [0.2, 0.25) is 5.24 Å². The number of halogens is 1. The van der Waals surface area contributed by atoms with Crippen LogP contribution in [0.25, 0.3) is 0 Å². The van der Waals surface area contributed by atoms with E-state index in [1.54, 1.807) is 0 Å². The molecule has 0 amide bonds. The van der Waals surface area contributed by atoms with Gasteiger partial charge in [-0.1, -0.05) is 0 Å². The number of hydrogen-bond acceptors (Lipinski definition) is 2. The largest absolute Gasteiger partial charge is 0.280 e. The molecular formula is C3H4ClO2P. The van der Waals surface area contributed by atoms with Gasteiger partial charge >= 0.3 is 0 Å². The molecular weight excluding hydrogens is 134 g/mol. The average Bonchev–Trinajstić information content (AvgIpc) is 1.65. The standard InChI is InChI=1S/C3H4ClO2P/c1-2(7-6)3(4)5/h2H,1H3. The minimum Gasteiger partial charge on any atom is -0.280 e. The topological polar surface area (TPSA) is 34.1 Å². The van der Waals surface area contributed by atoms with Gasteiger partial charge in [0, 0.05) is 0 Å². The van der Waals surface area contributed by atoms with E-state index in [0.717, 1.165) is 0 Å². The van der Waals surface area contributed by atoms with Gasteiger partial charge in [0.1, 0.15) is 5.66 Å². The summed E-state index contributed by atoms with van der Waals surface area (Å²) in [7, 11) is -0.209. The van der Waals surface area contributed by atoms with E-state index in [1.165, 1.54) is 6.92 Å². The van der Waals surface area contributed by atoms with E-state index in [1.807, 2.05) is 0 Å². The molecule has 0 heterocycles. The number of rotatable bonds is 2. The summed E-state index contributed by atoms with van der Waals surface area (Å²) in [5.74, 6) is 0. The van der Waals surface area contributed by atoms with E-state index in [4.69, 9.17) is 11.6 Å². The molecule has 0 fully saturated rings. The van der Waals surface area contributed by atoms with Crippen molar-refractivity contribution in [2.75, 3.05) is 0 Å². The van der Waals surface area contributed by atoms with Crippen LogP contribution in [-0.2, 0) is 9.36 Å². The number of hydrogen-bond donors (Lipinski definition) is 0. The quantitative estimate of drug-likeness (QED) is 0.427. The summed E-state index contributed by atoms with van der Waals surface area (Å²) in [6.45, 7) is 1.49. The molecule has 0 bridgehead atoms. The van der Waals surface area contributed by atoms with Crippen LogP contribution in [0.5, 0.6) is 0 Å². The van der Waals surface area contributed by atoms with Gasteiger partial charge in [-0.25, -0.2) is 0 Å². The van der Waals surface area contributed by atoms with Crippen molar-refractivity contribution in [1.29, 1.82) is 0 Å². The van der Waals surface area contributed by atoms with Gasteiger partial charge < -0.3 is 0 Å². The highest BCUT2D eigenvalue weighted by Gasteiger charge is 2.06. The van der Waals surface area contributed by atoms with E-state index < -0.39 is 10.9 Å². The third-order valence-corrected chi connectivity index (χ3v) is 1.52. The van der Waals surface area contributed by atoms with Crippen molar-refractivity contribution in [3.05, 3.63) is 0 Å². The summed E-state index contributed by atoms with van der Waals surface area (Å²) in [6.07, 6.45) is 0. The van der Waals surface area contributed by atoms with Crippen molar-refractivity contribution in [2.24, 2.45) is 0 Å². The first-order valence-corrected chi connectivity index (χ1v) is 2.96. The van der Waals surface area contributed by atoms with Gasteiger partial charge in [-0.3, -0.25) is 9.36 Å². The molecule has 0 aromatic rings. The molecule has 0 aromatic heterocycles. The van der Waals surface area contributed by atoms with Gasteiger partial charge in [0.15, 0.2) is 8.46 Å². The molecule has 0 aromatic carbocycles. The molecule has 0 rings (SSSR count). The Morgan fingerprint density at radius 2 is 2.29 bits per heavy atom. The molecule has 1 unspecified atom stereocenters. The fraction of sp³-hybridized carbons (Fsp3) is 0.667. The van der Waals surface area contributed by atoms with Crippen LogP contribution in [0.4, 0.5) is 0 Å². The molecule has 0 radical (unpaired) electrons. The Morgan fingerprint density at radius 1 is 1.86 bits per heavy atom. The minimum absolute atomic E-state index is 0.209.